The smallest absolute Gasteiger partial charge is 0.307 e. The van der Waals surface area contributed by atoms with Gasteiger partial charge in [0.05, 0.1) is 11.8 Å². The van der Waals surface area contributed by atoms with E-state index in [0.29, 0.717) is 19.4 Å². The topological polar surface area (TPSA) is 66.4 Å². The molecule has 0 heterocycles. The lowest BCUT2D eigenvalue weighted by molar-refractivity contribution is -0.148. The molecule has 1 saturated carbocycles. The zero-order valence-corrected chi connectivity index (χ0v) is 12.4. The summed E-state index contributed by atoms with van der Waals surface area (Å²) in [7, 11) is 0. The molecule has 21 heavy (non-hydrogen) atoms. The number of carbonyl (C=O) groups is 2. The number of rotatable bonds is 5. The Morgan fingerprint density at radius 2 is 1.81 bits per heavy atom. The minimum Gasteiger partial charge on any atom is -0.481 e. The van der Waals surface area contributed by atoms with Crippen LogP contribution in [0.4, 0.5) is 0 Å². The van der Waals surface area contributed by atoms with E-state index in [2.05, 4.69) is 12.2 Å². The number of hydrogen-bond donors (Lipinski definition) is 2. The third-order valence-corrected chi connectivity index (χ3v) is 4.37. The molecule has 0 unspecified atom stereocenters. The number of benzene rings is 1. The molecule has 3 atom stereocenters. The van der Waals surface area contributed by atoms with Gasteiger partial charge in [0.2, 0.25) is 5.91 Å². The summed E-state index contributed by atoms with van der Waals surface area (Å²) in [6.45, 7) is 2.61. The molecule has 1 aliphatic rings. The number of hydrogen-bond acceptors (Lipinski definition) is 2. The van der Waals surface area contributed by atoms with Gasteiger partial charge in [-0.3, -0.25) is 9.59 Å². The van der Waals surface area contributed by atoms with Gasteiger partial charge in [0.25, 0.3) is 0 Å². The number of carboxylic acids is 1. The van der Waals surface area contributed by atoms with Crippen molar-refractivity contribution in [1.29, 1.82) is 0 Å². The van der Waals surface area contributed by atoms with Crippen molar-refractivity contribution < 1.29 is 14.7 Å². The Balaban J connectivity index is 1.90. The highest BCUT2D eigenvalue weighted by Gasteiger charge is 2.35. The average molecular weight is 289 g/mol. The van der Waals surface area contributed by atoms with Crippen LogP contribution in [0.3, 0.4) is 0 Å². The summed E-state index contributed by atoms with van der Waals surface area (Å²) in [6, 6.07) is 10.0. The maximum Gasteiger partial charge on any atom is 0.307 e. The Bertz CT molecular complexity index is 486. The van der Waals surface area contributed by atoms with Crippen LogP contribution in [0.25, 0.3) is 0 Å². The summed E-state index contributed by atoms with van der Waals surface area (Å²) in [4.78, 5) is 23.5. The van der Waals surface area contributed by atoms with E-state index in [0.717, 1.165) is 12.8 Å². The third kappa shape index (κ3) is 4.06. The van der Waals surface area contributed by atoms with E-state index in [4.69, 9.17) is 0 Å². The van der Waals surface area contributed by atoms with Gasteiger partial charge in [-0.1, -0.05) is 50.1 Å². The second kappa shape index (κ2) is 7.25. The van der Waals surface area contributed by atoms with Crippen molar-refractivity contribution in [2.24, 2.45) is 11.8 Å². The van der Waals surface area contributed by atoms with Crippen LogP contribution in [-0.2, 0) is 9.59 Å². The summed E-state index contributed by atoms with van der Waals surface area (Å²) in [5.41, 5.74) is 1.18. The lowest BCUT2D eigenvalue weighted by Crippen LogP contribution is -2.40. The van der Waals surface area contributed by atoms with Crippen LogP contribution in [0.1, 0.15) is 44.1 Å². The summed E-state index contributed by atoms with van der Waals surface area (Å²) >= 11 is 0. The van der Waals surface area contributed by atoms with Gasteiger partial charge in [-0.15, -0.1) is 0 Å². The zero-order valence-electron chi connectivity index (χ0n) is 12.4. The molecule has 4 nitrogen and oxygen atoms in total. The van der Waals surface area contributed by atoms with Gasteiger partial charge < -0.3 is 10.4 Å². The molecule has 1 aliphatic carbocycles. The number of aliphatic carboxylic acids is 1. The Kier molecular flexibility index (Phi) is 5.37. The first kappa shape index (κ1) is 15.5. The van der Waals surface area contributed by atoms with E-state index >= 15 is 0 Å². The second-order valence-corrected chi connectivity index (χ2v) is 5.89. The molecule has 2 rings (SSSR count). The molecule has 4 heteroatoms. The minimum atomic E-state index is -0.842. The van der Waals surface area contributed by atoms with Crippen molar-refractivity contribution in [1.82, 2.24) is 5.32 Å². The van der Waals surface area contributed by atoms with E-state index in [1.165, 1.54) is 5.56 Å². The molecular weight excluding hydrogens is 266 g/mol. The Labute approximate surface area is 125 Å². The first-order chi connectivity index (χ1) is 10.1. The Morgan fingerprint density at radius 3 is 2.43 bits per heavy atom. The van der Waals surface area contributed by atoms with Gasteiger partial charge in [0, 0.05) is 6.54 Å². The maximum atomic E-state index is 12.3. The molecular formula is C17H23NO3. The molecule has 0 spiro atoms. The van der Waals surface area contributed by atoms with E-state index in [1.807, 2.05) is 30.3 Å². The molecule has 1 aromatic carbocycles. The van der Waals surface area contributed by atoms with Crippen LogP contribution in [0, 0.1) is 11.8 Å². The third-order valence-electron chi connectivity index (χ3n) is 4.37. The lowest BCUT2D eigenvalue weighted by atomic mass is 9.78. The predicted molar refractivity (Wildman–Crippen MR) is 81.0 cm³/mol. The van der Waals surface area contributed by atoms with Gasteiger partial charge >= 0.3 is 5.97 Å². The largest absolute Gasteiger partial charge is 0.481 e. The van der Waals surface area contributed by atoms with Crippen LogP contribution >= 0.6 is 0 Å². The van der Waals surface area contributed by atoms with Crippen LogP contribution in [0.5, 0.6) is 0 Å². The fourth-order valence-corrected chi connectivity index (χ4v) is 3.02. The molecule has 1 fully saturated rings. The summed E-state index contributed by atoms with van der Waals surface area (Å²) < 4.78 is 0. The highest BCUT2D eigenvalue weighted by molar-refractivity contribution is 5.84. The van der Waals surface area contributed by atoms with E-state index < -0.39 is 11.9 Å². The molecule has 2 N–H and O–H groups in total. The highest BCUT2D eigenvalue weighted by Crippen LogP contribution is 2.30. The van der Waals surface area contributed by atoms with Crippen molar-refractivity contribution in [2.75, 3.05) is 6.54 Å². The maximum absolute atomic E-state index is 12.3. The SMILES string of the molecule is C[C@@H](CNC(=O)[C@@H]1CCCC[C@@H]1C(=O)O)c1ccccc1. The number of carboxylic acid groups (broad SMARTS) is 1. The quantitative estimate of drug-likeness (QED) is 0.876. The first-order valence-electron chi connectivity index (χ1n) is 7.65. The average Bonchev–Trinajstić information content (AvgIpc) is 2.53. The molecule has 0 aromatic heterocycles. The molecule has 114 valence electrons. The molecule has 0 saturated heterocycles. The minimum absolute atomic E-state index is 0.107. The number of carbonyl (C=O) groups excluding carboxylic acids is 1. The molecule has 1 aromatic rings. The second-order valence-electron chi connectivity index (χ2n) is 5.89. The van der Waals surface area contributed by atoms with Gasteiger partial charge in [0.15, 0.2) is 0 Å². The van der Waals surface area contributed by atoms with Crippen LogP contribution in [0.15, 0.2) is 30.3 Å². The van der Waals surface area contributed by atoms with Crippen molar-refractivity contribution in [3.8, 4) is 0 Å². The molecule has 0 aliphatic heterocycles. The molecule has 0 bridgehead atoms. The molecule has 1 amide bonds. The molecule has 0 radical (unpaired) electrons. The number of nitrogens with one attached hydrogen (secondary N) is 1. The van der Waals surface area contributed by atoms with Gasteiger partial charge in [-0.05, 0) is 24.3 Å². The van der Waals surface area contributed by atoms with Crippen molar-refractivity contribution in [2.45, 2.75) is 38.5 Å². The zero-order chi connectivity index (χ0) is 15.2. The normalized spacial score (nSPS) is 23.3. The lowest BCUT2D eigenvalue weighted by Gasteiger charge is -2.28. The Hall–Kier alpha value is -1.84. The highest BCUT2D eigenvalue weighted by atomic mass is 16.4. The van der Waals surface area contributed by atoms with Crippen LogP contribution < -0.4 is 5.32 Å². The predicted octanol–water partition coefficient (Wildman–Crippen LogP) is 2.80. The van der Waals surface area contributed by atoms with Crippen molar-refractivity contribution >= 4 is 11.9 Å². The van der Waals surface area contributed by atoms with Crippen LogP contribution in [0.2, 0.25) is 0 Å². The monoisotopic (exact) mass is 289 g/mol. The summed E-state index contributed by atoms with van der Waals surface area (Å²) in [5, 5.41) is 12.2. The Morgan fingerprint density at radius 1 is 1.19 bits per heavy atom. The van der Waals surface area contributed by atoms with E-state index in [-0.39, 0.29) is 17.7 Å². The first-order valence-corrected chi connectivity index (χ1v) is 7.65. The van der Waals surface area contributed by atoms with Gasteiger partial charge in [-0.25, -0.2) is 0 Å². The summed E-state index contributed by atoms with van der Waals surface area (Å²) in [5.74, 6) is -1.62. The summed E-state index contributed by atoms with van der Waals surface area (Å²) in [6.07, 6.45) is 3.14. The van der Waals surface area contributed by atoms with Gasteiger partial charge in [-0.2, -0.15) is 0 Å². The number of amides is 1. The van der Waals surface area contributed by atoms with E-state index in [9.17, 15) is 14.7 Å². The van der Waals surface area contributed by atoms with E-state index in [1.54, 1.807) is 0 Å². The standard InChI is InChI=1S/C17H23NO3/c1-12(13-7-3-2-4-8-13)11-18-16(19)14-9-5-6-10-15(14)17(20)21/h2-4,7-8,12,14-15H,5-6,9-11H2,1H3,(H,18,19)(H,20,21)/t12-,14+,15-/m0/s1. The van der Waals surface area contributed by atoms with Crippen molar-refractivity contribution in [3.63, 3.8) is 0 Å². The van der Waals surface area contributed by atoms with Crippen molar-refractivity contribution in [3.05, 3.63) is 35.9 Å². The van der Waals surface area contributed by atoms with Gasteiger partial charge in [0.1, 0.15) is 0 Å². The van der Waals surface area contributed by atoms with Crippen LogP contribution in [-0.4, -0.2) is 23.5 Å². The fourth-order valence-electron chi connectivity index (χ4n) is 3.02. The fraction of sp³-hybridized carbons (Fsp3) is 0.529.